The zero-order valence-corrected chi connectivity index (χ0v) is 13.7. The molecular formula is C16H29N3O2. The first-order valence-electron chi connectivity index (χ1n) is 8.41. The van der Waals surface area contributed by atoms with E-state index in [0.29, 0.717) is 23.8 Å². The van der Waals surface area contributed by atoms with Gasteiger partial charge in [0.05, 0.1) is 6.10 Å². The third-order valence-electron chi connectivity index (χ3n) is 4.35. The Morgan fingerprint density at radius 2 is 1.67 bits per heavy atom. The Morgan fingerprint density at radius 3 is 2.14 bits per heavy atom. The van der Waals surface area contributed by atoms with Crippen LogP contribution >= 0.6 is 0 Å². The molecule has 1 aromatic rings. The van der Waals surface area contributed by atoms with E-state index in [9.17, 15) is 5.11 Å². The Bertz CT molecular complexity index is 421. The lowest BCUT2D eigenvalue weighted by Crippen LogP contribution is -2.38. The first-order chi connectivity index (χ1) is 10.1. The van der Waals surface area contributed by atoms with E-state index in [1.807, 2.05) is 13.8 Å². The van der Waals surface area contributed by atoms with Crippen LogP contribution in [-0.4, -0.2) is 34.4 Å². The van der Waals surface area contributed by atoms with Crippen LogP contribution in [-0.2, 0) is 0 Å². The van der Waals surface area contributed by atoms with E-state index in [-0.39, 0.29) is 6.10 Å². The lowest BCUT2D eigenvalue weighted by Gasteiger charge is -2.33. The molecule has 1 atom stereocenters. The van der Waals surface area contributed by atoms with Crippen LogP contribution < -0.4 is 4.90 Å². The van der Waals surface area contributed by atoms with Crippen molar-refractivity contribution >= 4 is 6.01 Å². The number of nitrogens with zero attached hydrogens (tertiary/aromatic N) is 3. The highest BCUT2D eigenvalue weighted by atomic mass is 16.5. The van der Waals surface area contributed by atoms with Gasteiger partial charge in [-0.15, -0.1) is 0 Å². The smallest absolute Gasteiger partial charge is 0.324 e. The average molecular weight is 295 g/mol. The number of piperidine rings is 1. The summed E-state index contributed by atoms with van der Waals surface area (Å²) in [6.45, 7) is 9.95. The molecule has 0 radical (unpaired) electrons. The first kappa shape index (κ1) is 16.3. The number of aliphatic hydroxyl groups excluding tert-OH is 1. The molecule has 1 N–H and O–H groups in total. The van der Waals surface area contributed by atoms with Crippen molar-refractivity contribution in [2.24, 2.45) is 11.8 Å². The van der Waals surface area contributed by atoms with Crippen LogP contribution in [0.5, 0.6) is 0 Å². The molecule has 1 aliphatic carbocycles. The highest BCUT2D eigenvalue weighted by molar-refractivity contribution is 5.26. The molecule has 5 nitrogen and oxygen atoms in total. The lowest BCUT2D eigenvalue weighted by molar-refractivity contribution is 0.0725. The van der Waals surface area contributed by atoms with Crippen molar-refractivity contribution < 1.29 is 9.63 Å². The molecule has 0 bridgehead atoms. The standard InChI is InChI=1S/C14H23N3O2.C2H6/c1-9(2)13-15-14(19-16-13)17-7-5-11(6-8-17)12(18)10-3-4-10;1-2/h9-12,18H,3-8H2,1-2H3;1-2H3. The predicted octanol–water partition coefficient (Wildman–Crippen LogP) is 3.21. The third kappa shape index (κ3) is 3.96. The quantitative estimate of drug-likeness (QED) is 0.924. The van der Waals surface area contributed by atoms with Gasteiger partial charge in [-0.3, -0.25) is 0 Å². The van der Waals surface area contributed by atoms with E-state index in [2.05, 4.69) is 28.9 Å². The van der Waals surface area contributed by atoms with E-state index in [1.165, 1.54) is 12.8 Å². The molecule has 1 aliphatic heterocycles. The number of aromatic nitrogens is 2. The fourth-order valence-electron chi connectivity index (χ4n) is 2.84. The molecule has 2 fully saturated rings. The van der Waals surface area contributed by atoms with Crippen LogP contribution in [0, 0.1) is 11.8 Å². The summed E-state index contributed by atoms with van der Waals surface area (Å²) in [4.78, 5) is 6.58. The van der Waals surface area contributed by atoms with Crippen molar-refractivity contribution in [1.29, 1.82) is 0 Å². The monoisotopic (exact) mass is 295 g/mol. The minimum Gasteiger partial charge on any atom is -0.393 e. The number of hydrogen-bond acceptors (Lipinski definition) is 5. The van der Waals surface area contributed by atoms with Crippen molar-refractivity contribution in [3.05, 3.63) is 5.82 Å². The Labute approximate surface area is 127 Å². The van der Waals surface area contributed by atoms with Crippen LogP contribution in [0.4, 0.5) is 6.01 Å². The number of hydrogen-bond donors (Lipinski definition) is 1. The molecule has 5 heteroatoms. The molecule has 1 aromatic heterocycles. The zero-order valence-electron chi connectivity index (χ0n) is 13.7. The summed E-state index contributed by atoms with van der Waals surface area (Å²) >= 11 is 0. The van der Waals surface area contributed by atoms with Gasteiger partial charge in [-0.2, -0.15) is 4.98 Å². The zero-order chi connectivity index (χ0) is 15.4. The number of rotatable bonds is 4. The topological polar surface area (TPSA) is 62.4 Å². The van der Waals surface area contributed by atoms with Gasteiger partial charge in [-0.1, -0.05) is 32.9 Å². The largest absolute Gasteiger partial charge is 0.393 e. The van der Waals surface area contributed by atoms with Gasteiger partial charge in [0.25, 0.3) is 0 Å². The molecule has 0 aromatic carbocycles. The van der Waals surface area contributed by atoms with E-state index in [1.54, 1.807) is 0 Å². The maximum Gasteiger partial charge on any atom is 0.324 e. The van der Waals surface area contributed by atoms with Gasteiger partial charge in [0.15, 0.2) is 5.82 Å². The summed E-state index contributed by atoms with van der Waals surface area (Å²) < 4.78 is 5.32. The Balaban J connectivity index is 0.000000774. The fourth-order valence-corrected chi connectivity index (χ4v) is 2.84. The summed E-state index contributed by atoms with van der Waals surface area (Å²) in [7, 11) is 0. The molecule has 2 heterocycles. The molecule has 1 saturated heterocycles. The fraction of sp³-hybridized carbons (Fsp3) is 0.875. The molecule has 3 rings (SSSR count). The molecule has 0 amide bonds. The van der Waals surface area contributed by atoms with Gasteiger partial charge in [0.1, 0.15) is 0 Å². The van der Waals surface area contributed by atoms with Gasteiger partial charge < -0.3 is 14.5 Å². The normalized spacial score (nSPS) is 21.1. The number of aliphatic hydroxyl groups is 1. The van der Waals surface area contributed by atoms with Crippen molar-refractivity contribution in [3.8, 4) is 0 Å². The maximum atomic E-state index is 10.2. The summed E-state index contributed by atoms with van der Waals surface area (Å²) in [5.74, 6) is 2.10. The lowest BCUT2D eigenvalue weighted by atomic mass is 9.89. The first-order valence-corrected chi connectivity index (χ1v) is 8.41. The molecular weight excluding hydrogens is 266 g/mol. The van der Waals surface area contributed by atoms with Crippen LogP contribution in [0.25, 0.3) is 0 Å². The molecule has 21 heavy (non-hydrogen) atoms. The van der Waals surface area contributed by atoms with Crippen molar-refractivity contribution in [1.82, 2.24) is 10.1 Å². The second-order valence-electron chi connectivity index (χ2n) is 6.24. The maximum absolute atomic E-state index is 10.2. The highest BCUT2D eigenvalue weighted by Gasteiger charge is 2.37. The van der Waals surface area contributed by atoms with Crippen LogP contribution in [0.15, 0.2) is 4.52 Å². The van der Waals surface area contributed by atoms with Crippen molar-refractivity contribution in [2.45, 2.75) is 65.4 Å². The minimum atomic E-state index is -0.0870. The molecule has 2 aliphatic rings. The van der Waals surface area contributed by atoms with E-state index in [0.717, 1.165) is 31.8 Å². The van der Waals surface area contributed by atoms with E-state index < -0.39 is 0 Å². The minimum absolute atomic E-state index is 0.0870. The van der Waals surface area contributed by atoms with Crippen LogP contribution in [0.3, 0.4) is 0 Å². The van der Waals surface area contributed by atoms with Gasteiger partial charge in [-0.05, 0) is 37.5 Å². The Hall–Kier alpha value is -1.10. The Kier molecular flexibility index (Phi) is 5.62. The summed E-state index contributed by atoms with van der Waals surface area (Å²) in [6.07, 6.45) is 4.38. The van der Waals surface area contributed by atoms with Gasteiger partial charge >= 0.3 is 6.01 Å². The van der Waals surface area contributed by atoms with Gasteiger partial charge in [0, 0.05) is 19.0 Å². The summed E-state index contributed by atoms with van der Waals surface area (Å²) in [5, 5.41) is 14.2. The molecule has 1 unspecified atom stereocenters. The van der Waals surface area contributed by atoms with E-state index in [4.69, 9.17) is 4.52 Å². The molecule has 120 valence electrons. The number of anilines is 1. The predicted molar refractivity (Wildman–Crippen MR) is 83.4 cm³/mol. The van der Waals surface area contributed by atoms with E-state index >= 15 is 0 Å². The van der Waals surface area contributed by atoms with Gasteiger partial charge in [-0.25, -0.2) is 0 Å². The Morgan fingerprint density at radius 1 is 1.10 bits per heavy atom. The van der Waals surface area contributed by atoms with Crippen LogP contribution in [0.1, 0.15) is 65.1 Å². The second kappa shape index (κ2) is 7.25. The summed E-state index contributed by atoms with van der Waals surface area (Å²) in [6, 6.07) is 0.642. The summed E-state index contributed by atoms with van der Waals surface area (Å²) in [5.41, 5.74) is 0. The van der Waals surface area contributed by atoms with Crippen molar-refractivity contribution in [2.75, 3.05) is 18.0 Å². The SMILES string of the molecule is CC.CC(C)c1noc(N2CCC(C(O)C3CC3)CC2)n1. The van der Waals surface area contributed by atoms with Crippen LogP contribution in [0.2, 0.25) is 0 Å². The van der Waals surface area contributed by atoms with Gasteiger partial charge in [0.2, 0.25) is 0 Å². The molecule has 1 saturated carbocycles. The van der Waals surface area contributed by atoms with Crippen molar-refractivity contribution in [3.63, 3.8) is 0 Å². The molecule has 0 spiro atoms. The third-order valence-corrected chi connectivity index (χ3v) is 4.35. The average Bonchev–Trinajstić information content (AvgIpc) is 3.25. The highest BCUT2D eigenvalue weighted by Crippen LogP contribution is 2.39. The second-order valence-corrected chi connectivity index (χ2v) is 6.24.